The summed E-state index contributed by atoms with van der Waals surface area (Å²) in [6, 6.07) is 16.2. The van der Waals surface area contributed by atoms with Gasteiger partial charge in [-0.05, 0) is 48.4 Å². The molecule has 0 amide bonds. The van der Waals surface area contributed by atoms with Gasteiger partial charge in [-0.3, -0.25) is 4.79 Å². The van der Waals surface area contributed by atoms with Gasteiger partial charge >= 0.3 is 5.97 Å². The average molecular weight is 529 g/mol. The molecule has 1 unspecified atom stereocenters. The number of unbranched alkanes of at least 4 members (excludes halogenated alkanes) is 7. The smallest absolute Gasteiger partial charge is 0.311 e. The quantitative estimate of drug-likeness (QED) is 0.0936. The first-order chi connectivity index (χ1) is 19.1. The Morgan fingerprint density at radius 2 is 1.28 bits per heavy atom. The Labute approximate surface area is 236 Å². The first-order valence-corrected chi connectivity index (χ1v) is 15.3. The molecule has 1 atom stereocenters. The summed E-state index contributed by atoms with van der Waals surface area (Å²) in [4.78, 5) is 21.5. The first-order valence-electron chi connectivity index (χ1n) is 15.3. The monoisotopic (exact) mass is 528 g/mol. The number of aromatic nitrogens is 2. The predicted octanol–water partition coefficient (Wildman–Crippen LogP) is 10.0. The third kappa shape index (κ3) is 11.3. The summed E-state index contributed by atoms with van der Waals surface area (Å²) in [5.74, 6) is 1.83. The Balaban J connectivity index is 1.43. The van der Waals surface area contributed by atoms with Crippen LogP contribution in [0.5, 0.6) is 5.75 Å². The summed E-state index contributed by atoms with van der Waals surface area (Å²) in [5, 5.41) is 0. The maximum Gasteiger partial charge on any atom is 0.311 e. The van der Waals surface area contributed by atoms with Gasteiger partial charge in [0.25, 0.3) is 0 Å². The van der Waals surface area contributed by atoms with Gasteiger partial charge in [-0.15, -0.1) is 0 Å². The van der Waals surface area contributed by atoms with Crippen molar-refractivity contribution in [2.45, 2.75) is 111 Å². The van der Waals surface area contributed by atoms with Gasteiger partial charge in [0.1, 0.15) is 5.75 Å². The fourth-order valence-corrected chi connectivity index (χ4v) is 4.94. The molecule has 1 heterocycles. The van der Waals surface area contributed by atoms with Crippen molar-refractivity contribution in [2.75, 3.05) is 0 Å². The van der Waals surface area contributed by atoms with Gasteiger partial charge in [-0.2, -0.15) is 0 Å². The van der Waals surface area contributed by atoms with Crippen molar-refractivity contribution in [3.05, 3.63) is 66.5 Å². The molecule has 0 radical (unpaired) electrons. The number of carbonyl (C=O) groups is 1. The molecule has 3 rings (SSSR count). The van der Waals surface area contributed by atoms with Crippen molar-refractivity contribution in [3.8, 4) is 28.3 Å². The van der Waals surface area contributed by atoms with E-state index in [0.717, 1.165) is 41.8 Å². The van der Waals surface area contributed by atoms with Gasteiger partial charge in [-0.1, -0.05) is 121 Å². The SMILES string of the molecule is CCCCCCCCc1ccc(-c2ncc(-c3ccc(OC(=O)CCCC(C)CCCCC)cc3)cn2)cc1. The van der Waals surface area contributed by atoms with E-state index in [1.807, 2.05) is 36.7 Å². The molecule has 0 aliphatic carbocycles. The van der Waals surface area contributed by atoms with E-state index in [9.17, 15) is 4.79 Å². The molecule has 4 nitrogen and oxygen atoms in total. The molecule has 0 aliphatic rings. The standard InChI is InChI=1S/C35H48N2O2/c1-4-6-8-9-10-12-16-29-18-20-31(21-19-29)35-36-26-32(27-37-35)30-22-24-33(25-23-30)39-34(38)17-13-15-28(3)14-11-7-5-2/h18-28H,4-17H2,1-3H3. The zero-order valence-corrected chi connectivity index (χ0v) is 24.5. The van der Waals surface area contributed by atoms with Crippen molar-refractivity contribution >= 4 is 5.97 Å². The van der Waals surface area contributed by atoms with Crippen LogP contribution in [0.25, 0.3) is 22.5 Å². The zero-order valence-electron chi connectivity index (χ0n) is 24.5. The van der Waals surface area contributed by atoms with E-state index >= 15 is 0 Å². The number of nitrogens with zero attached hydrogens (tertiary/aromatic N) is 2. The van der Waals surface area contributed by atoms with Crippen molar-refractivity contribution in [1.82, 2.24) is 9.97 Å². The molecule has 0 spiro atoms. The number of carbonyl (C=O) groups excluding carboxylic acids is 1. The van der Waals surface area contributed by atoms with Gasteiger partial charge in [0.2, 0.25) is 0 Å². The lowest BCUT2D eigenvalue weighted by atomic mass is 9.97. The van der Waals surface area contributed by atoms with Crippen molar-refractivity contribution < 1.29 is 9.53 Å². The molecule has 0 aliphatic heterocycles. The number of hydrogen-bond donors (Lipinski definition) is 0. The van der Waals surface area contributed by atoms with Crippen LogP contribution in [0.2, 0.25) is 0 Å². The lowest BCUT2D eigenvalue weighted by Crippen LogP contribution is -2.08. The average Bonchev–Trinajstić information content (AvgIpc) is 2.96. The molecule has 3 aromatic rings. The normalized spacial score (nSPS) is 11.9. The summed E-state index contributed by atoms with van der Waals surface area (Å²) in [7, 11) is 0. The van der Waals surface area contributed by atoms with E-state index < -0.39 is 0 Å². The number of ether oxygens (including phenoxy) is 1. The number of benzene rings is 2. The van der Waals surface area contributed by atoms with E-state index in [1.54, 1.807) is 0 Å². The van der Waals surface area contributed by atoms with Crippen LogP contribution in [-0.2, 0) is 11.2 Å². The maximum absolute atomic E-state index is 12.3. The minimum atomic E-state index is -0.158. The number of hydrogen-bond acceptors (Lipinski definition) is 4. The van der Waals surface area contributed by atoms with Crippen LogP contribution in [0.3, 0.4) is 0 Å². The van der Waals surface area contributed by atoms with E-state index in [-0.39, 0.29) is 5.97 Å². The molecule has 0 saturated carbocycles. The topological polar surface area (TPSA) is 52.1 Å². The van der Waals surface area contributed by atoms with Crippen molar-refractivity contribution in [1.29, 1.82) is 0 Å². The van der Waals surface area contributed by atoms with Crippen molar-refractivity contribution in [3.63, 3.8) is 0 Å². The van der Waals surface area contributed by atoms with E-state index in [0.29, 0.717) is 18.1 Å². The molecular weight excluding hydrogens is 480 g/mol. The van der Waals surface area contributed by atoms with Crippen LogP contribution in [0.4, 0.5) is 0 Å². The van der Waals surface area contributed by atoms with Crippen LogP contribution in [0, 0.1) is 5.92 Å². The van der Waals surface area contributed by atoms with E-state index in [1.165, 1.54) is 69.8 Å². The number of esters is 1. The molecule has 0 saturated heterocycles. The van der Waals surface area contributed by atoms with Gasteiger partial charge < -0.3 is 4.74 Å². The minimum absolute atomic E-state index is 0.158. The van der Waals surface area contributed by atoms with Crippen LogP contribution in [-0.4, -0.2) is 15.9 Å². The summed E-state index contributed by atoms with van der Waals surface area (Å²) < 4.78 is 5.55. The van der Waals surface area contributed by atoms with Gasteiger partial charge in [0, 0.05) is 29.9 Å². The first kappa shape index (κ1) is 30.5. The Morgan fingerprint density at radius 1 is 0.692 bits per heavy atom. The van der Waals surface area contributed by atoms with Crippen LogP contribution in [0.1, 0.15) is 110 Å². The second kappa shape index (κ2) is 17.6. The van der Waals surface area contributed by atoms with E-state index in [4.69, 9.17) is 4.74 Å². The molecule has 4 heteroatoms. The summed E-state index contributed by atoms with van der Waals surface area (Å²) >= 11 is 0. The fraction of sp³-hybridized carbons (Fsp3) is 0.514. The second-order valence-corrected chi connectivity index (χ2v) is 11.0. The van der Waals surface area contributed by atoms with Gasteiger partial charge in [0.15, 0.2) is 5.82 Å². The van der Waals surface area contributed by atoms with Gasteiger partial charge in [-0.25, -0.2) is 9.97 Å². The molecule has 0 bridgehead atoms. The Hall–Kier alpha value is -3.01. The molecule has 1 aromatic heterocycles. The fourth-order valence-electron chi connectivity index (χ4n) is 4.94. The third-order valence-electron chi connectivity index (χ3n) is 7.48. The van der Waals surface area contributed by atoms with Crippen LogP contribution < -0.4 is 4.74 Å². The van der Waals surface area contributed by atoms with Crippen LogP contribution >= 0.6 is 0 Å². The molecule has 0 fully saturated rings. The summed E-state index contributed by atoms with van der Waals surface area (Å²) in [6.07, 6.45) is 20.3. The minimum Gasteiger partial charge on any atom is -0.427 e. The predicted molar refractivity (Wildman–Crippen MR) is 163 cm³/mol. The molecule has 210 valence electrons. The zero-order chi connectivity index (χ0) is 27.7. The number of rotatable bonds is 18. The summed E-state index contributed by atoms with van der Waals surface area (Å²) in [5.41, 5.74) is 4.35. The third-order valence-corrected chi connectivity index (χ3v) is 7.48. The number of aryl methyl sites for hydroxylation is 1. The van der Waals surface area contributed by atoms with E-state index in [2.05, 4.69) is 55.0 Å². The van der Waals surface area contributed by atoms with Crippen LogP contribution in [0.15, 0.2) is 60.9 Å². The Bertz CT molecular complexity index is 1080. The molecular formula is C35H48N2O2. The molecule has 39 heavy (non-hydrogen) atoms. The highest BCUT2D eigenvalue weighted by Gasteiger charge is 2.09. The maximum atomic E-state index is 12.3. The lowest BCUT2D eigenvalue weighted by Gasteiger charge is -2.10. The Morgan fingerprint density at radius 3 is 1.97 bits per heavy atom. The Kier molecular flexibility index (Phi) is 13.7. The van der Waals surface area contributed by atoms with Crippen molar-refractivity contribution in [2.24, 2.45) is 5.92 Å². The molecule has 2 aromatic carbocycles. The van der Waals surface area contributed by atoms with Gasteiger partial charge in [0.05, 0.1) is 0 Å². The lowest BCUT2D eigenvalue weighted by molar-refractivity contribution is -0.134. The second-order valence-electron chi connectivity index (χ2n) is 11.0. The highest BCUT2D eigenvalue weighted by molar-refractivity contribution is 5.73. The highest BCUT2D eigenvalue weighted by Crippen LogP contribution is 2.24. The molecule has 0 N–H and O–H groups in total. The summed E-state index contributed by atoms with van der Waals surface area (Å²) in [6.45, 7) is 6.77. The highest BCUT2D eigenvalue weighted by atomic mass is 16.5. The largest absolute Gasteiger partial charge is 0.427 e.